The van der Waals surface area contributed by atoms with Crippen molar-refractivity contribution in [2.75, 3.05) is 33.7 Å². The average molecular weight is 796 g/mol. The Bertz CT molecular complexity index is 1670. The van der Waals surface area contributed by atoms with E-state index in [4.69, 9.17) is 9.73 Å². The Morgan fingerprint density at radius 1 is 1.02 bits per heavy atom. The van der Waals surface area contributed by atoms with Crippen molar-refractivity contribution in [1.82, 2.24) is 10.2 Å². The van der Waals surface area contributed by atoms with Crippen LogP contribution < -0.4 is 5.32 Å². The molecule has 1 N–H and O–H groups in total. The maximum atomic E-state index is 11.6. The van der Waals surface area contributed by atoms with Gasteiger partial charge in [0, 0.05) is 44.1 Å². The standard InChI is InChI=1S/C53H85N3O2/c1-15-16-43-34-53(29-31-56(32-30-54-13)49(55-14)42-19-17-41(18-20-42)36(2)3)28-25-45-44(48(53)47(43)37(4)5)21-22-46-51(11,38(6)23-26-52(45,46)12)27-24-39(7)58-40(8)33-50(9,10)35-57/h16-20,35-39,44-46,54H,8,15,21-34H2,1-7,9-14H3/b43-16-,55-49?. The van der Waals surface area contributed by atoms with Crippen molar-refractivity contribution in [2.45, 2.75) is 165 Å². The molecule has 0 spiro atoms. The van der Waals surface area contributed by atoms with Crippen LogP contribution >= 0.6 is 0 Å². The van der Waals surface area contributed by atoms with Gasteiger partial charge in [-0.05, 0) is 153 Å². The molecule has 0 saturated heterocycles. The number of ether oxygens (including phenoxy) is 1. The highest BCUT2D eigenvalue weighted by Crippen LogP contribution is 2.71. The SMILES string of the molecule is C=C(CC(C)(C)C=O)OC(C)CCC1(C)C(C)CCC2(C)C3CCC4(CCN(CCNC)C(=NC)c5ccc(C(C)C)cc5)C/C(=C/CC)C(C(C)C)=C4C3CCC12. The number of nitrogens with zero attached hydrogens (tertiary/aromatic N) is 2. The highest BCUT2D eigenvalue weighted by Gasteiger charge is 2.62. The van der Waals surface area contributed by atoms with Crippen LogP contribution in [0.5, 0.6) is 0 Å². The quantitative estimate of drug-likeness (QED) is 0.0696. The van der Waals surface area contributed by atoms with Crippen LogP contribution in [0.25, 0.3) is 0 Å². The molecule has 0 bridgehead atoms. The van der Waals surface area contributed by atoms with Gasteiger partial charge in [-0.15, -0.1) is 0 Å². The zero-order chi connectivity index (χ0) is 42.6. The Labute approximate surface area is 356 Å². The van der Waals surface area contributed by atoms with Gasteiger partial charge in [0.1, 0.15) is 12.1 Å². The fraction of sp³-hybridized carbons (Fsp3) is 0.736. The fourth-order valence-corrected chi connectivity index (χ4v) is 13.1. The number of likely N-dealkylation sites (N-methyl/N-ethyl adjacent to an activating group) is 1. The lowest BCUT2D eigenvalue weighted by atomic mass is 9.40. The van der Waals surface area contributed by atoms with Crippen molar-refractivity contribution in [2.24, 2.45) is 56.2 Å². The third-order valence-corrected chi connectivity index (χ3v) is 16.3. The second kappa shape index (κ2) is 18.9. The molecule has 3 saturated carbocycles. The maximum absolute atomic E-state index is 11.6. The third kappa shape index (κ3) is 9.45. The van der Waals surface area contributed by atoms with Crippen LogP contribution in [0.2, 0.25) is 0 Å². The van der Waals surface area contributed by atoms with Crippen LogP contribution in [0, 0.1) is 51.2 Å². The fourth-order valence-electron chi connectivity index (χ4n) is 13.1. The number of amidine groups is 1. The number of nitrogens with one attached hydrogen (secondary N) is 1. The minimum Gasteiger partial charge on any atom is -0.496 e. The largest absolute Gasteiger partial charge is 0.496 e. The predicted molar refractivity (Wildman–Crippen MR) is 247 cm³/mol. The minimum absolute atomic E-state index is 0.102. The van der Waals surface area contributed by atoms with Gasteiger partial charge >= 0.3 is 0 Å². The first kappa shape index (κ1) is 46.4. The monoisotopic (exact) mass is 796 g/mol. The van der Waals surface area contributed by atoms with Gasteiger partial charge in [0.25, 0.3) is 0 Å². The van der Waals surface area contributed by atoms with Gasteiger partial charge in [0.15, 0.2) is 0 Å². The normalized spacial score (nSPS) is 31.3. The van der Waals surface area contributed by atoms with Gasteiger partial charge < -0.3 is 19.7 Å². The first-order chi connectivity index (χ1) is 27.4. The molecule has 8 atom stereocenters. The number of rotatable bonds is 18. The summed E-state index contributed by atoms with van der Waals surface area (Å²) in [6.45, 7) is 33.1. The van der Waals surface area contributed by atoms with E-state index in [2.05, 4.69) is 116 Å². The van der Waals surface area contributed by atoms with E-state index in [-0.39, 0.29) is 16.9 Å². The van der Waals surface area contributed by atoms with Crippen LogP contribution in [0.1, 0.15) is 170 Å². The highest BCUT2D eigenvalue weighted by atomic mass is 16.5. The molecule has 5 rings (SSSR count). The number of allylic oxidation sites excluding steroid dienone is 5. The molecule has 3 fully saturated rings. The van der Waals surface area contributed by atoms with E-state index in [1.807, 2.05) is 26.5 Å². The number of hydrogen-bond donors (Lipinski definition) is 1. The molecule has 1 aromatic rings. The number of carbonyl (C=O) groups is 1. The van der Waals surface area contributed by atoms with Gasteiger partial charge in [0.2, 0.25) is 0 Å². The summed E-state index contributed by atoms with van der Waals surface area (Å²) in [5, 5.41) is 3.45. The summed E-state index contributed by atoms with van der Waals surface area (Å²) < 4.78 is 6.37. The second-order valence-corrected chi connectivity index (χ2v) is 21.4. The molecule has 0 aliphatic heterocycles. The van der Waals surface area contributed by atoms with Crippen molar-refractivity contribution >= 4 is 12.1 Å². The molecular weight excluding hydrogens is 711 g/mol. The number of carbonyl (C=O) groups excluding carboxylic acids is 1. The maximum Gasteiger partial charge on any atom is 0.130 e. The summed E-state index contributed by atoms with van der Waals surface area (Å²) in [4.78, 5) is 19.2. The first-order valence-corrected chi connectivity index (χ1v) is 23.6. The van der Waals surface area contributed by atoms with Gasteiger partial charge in [-0.25, -0.2) is 0 Å². The summed E-state index contributed by atoms with van der Waals surface area (Å²) in [6, 6.07) is 9.19. The van der Waals surface area contributed by atoms with E-state index >= 15 is 0 Å². The van der Waals surface area contributed by atoms with E-state index < -0.39 is 5.41 Å². The minimum atomic E-state index is -0.436. The Hall–Kier alpha value is -2.66. The zero-order valence-electron chi connectivity index (χ0n) is 39.5. The third-order valence-electron chi connectivity index (χ3n) is 16.3. The molecule has 0 aromatic heterocycles. The van der Waals surface area contributed by atoms with Gasteiger partial charge in [-0.3, -0.25) is 4.99 Å². The molecule has 0 radical (unpaired) electrons. The molecular formula is C53H85N3O2. The smallest absolute Gasteiger partial charge is 0.130 e. The molecule has 324 valence electrons. The lowest BCUT2D eigenvalue weighted by molar-refractivity contribution is -0.140. The van der Waals surface area contributed by atoms with Crippen LogP contribution in [0.4, 0.5) is 0 Å². The summed E-state index contributed by atoms with van der Waals surface area (Å²) in [7, 11) is 4.06. The Morgan fingerprint density at radius 3 is 2.33 bits per heavy atom. The van der Waals surface area contributed by atoms with Crippen molar-refractivity contribution in [3.63, 3.8) is 0 Å². The molecule has 4 aliphatic carbocycles. The molecule has 58 heavy (non-hydrogen) atoms. The number of aldehydes is 1. The average Bonchev–Trinajstić information content (AvgIpc) is 3.51. The lowest BCUT2D eigenvalue weighted by Gasteiger charge is -2.65. The topological polar surface area (TPSA) is 53.9 Å². The van der Waals surface area contributed by atoms with Crippen molar-refractivity contribution in [3.05, 3.63) is 70.5 Å². The van der Waals surface area contributed by atoms with Crippen LogP contribution in [-0.2, 0) is 9.53 Å². The van der Waals surface area contributed by atoms with Crippen LogP contribution in [0.3, 0.4) is 0 Å². The Kier molecular flexibility index (Phi) is 15.2. The summed E-state index contributed by atoms with van der Waals surface area (Å²) in [6.07, 6.45) is 18.1. The van der Waals surface area contributed by atoms with Crippen molar-refractivity contribution in [3.8, 4) is 0 Å². The van der Waals surface area contributed by atoms with E-state index in [0.29, 0.717) is 35.5 Å². The van der Waals surface area contributed by atoms with E-state index in [1.54, 1.807) is 11.1 Å². The number of benzene rings is 1. The molecule has 1 aromatic carbocycles. The van der Waals surface area contributed by atoms with Crippen molar-refractivity contribution < 1.29 is 9.53 Å². The second-order valence-electron chi connectivity index (χ2n) is 21.4. The molecule has 5 heteroatoms. The number of fused-ring (bicyclic) bond motifs is 5. The Morgan fingerprint density at radius 2 is 1.72 bits per heavy atom. The molecule has 0 heterocycles. The number of aliphatic imine (C=N–C) groups is 1. The highest BCUT2D eigenvalue weighted by molar-refractivity contribution is 5.98. The van der Waals surface area contributed by atoms with Gasteiger partial charge in [0.05, 0.1) is 11.9 Å². The number of hydrogen-bond acceptors (Lipinski definition) is 4. The van der Waals surface area contributed by atoms with E-state index in [9.17, 15) is 4.79 Å². The summed E-state index contributed by atoms with van der Waals surface area (Å²) in [5.41, 5.74) is 8.32. The molecule has 0 amide bonds. The lowest BCUT2D eigenvalue weighted by Crippen LogP contribution is -2.57. The summed E-state index contributed by atoms with van der Waals surface area (Å²) in [5.74, 6) is 5.76. The Balaban J connectivity index is 1.43. The first-order valence-electron chi connectivity index (χ1n) is 23.6. The van der Waals surface area contributed by atoms with E-state index in [0.717, 1.165) is 62.2 Å². The predicted octanol–water partition coefficient (Wildman–Crippen LogP) is 13.0. The zero-order valence-corrected chi connectivity index (χ0v) is 39.5. The van der Waals surface area contributed by atoms with Crippen LogP contribution in [-0.4, -0.2) is 56.9 Å². The summed E-state index contributed by atoms with van der Waals surface area (Å²) >= 11 is 0. The van der Waals surface area contributed by atoms with E-state index in [1.165, 1.54) is 68.9 Å². The van der Waals surface area contributed by atoms with Gasteiger partial charge in [-0.2, -0.15) is 0 Å². The van der Waals surface area contributed by atoms with Crippen LogP contribution in [0.15, 0.2) is 64.4 Å². The van der Waals surface area contributed by atoms with Gasteiger partial charge in [-0.1, -0.05) is 112 Å². The molecule has 4 aliphatic rings. The molecule has 5 nitrogen and oxygen atoms in total. The molecule has 8 unspecified atom stereocenters. The van der Waals surface area contributed by atoms with Crippen molar-refractivity contribution in [1.29, 1.82) is 0 Å².